The fraction of sp³-hybridized carbons (Fsp3) is 0.450. The Labute approximate surface area is 163 Å². The van der Waals surface area contributed by atoms with Gasteiger partial charge in [0.15, 0.2) is 0 Å². The molecule has 0 aliphatic carbocycles. The topological polar surface area (TPSA) is 41.6 Å². The van der Waals surface area contributed by atoms with Gasteiger partial charge in [-0.25, -0.2) is 0 Å². The quantitative estimate of drug-likeness (QED) is 0.696. The Morgan fingerprint density at radius 2 is 2.15 bits per heavy atom. The molecule has 0 fully saturated rings. The third-order valence-electron chi connectivity index (χ3n) is 4.56. The van der Waals surface area contributed by atoms with E-state index >= 15 is 0 Å². The van der Waals surface area contributed by atoms with Crippen molar-refractivity contribution in [3.63, 3.8) is 0 Å². The molecule has 1 unspecified atom stereocenters. The van der Waals surface area contributed by atoms with Crippen LogP contribution in [0.5, 0.6) is 5.75 Å². The van der Waals surface area contributed by atoms with Crippen molar-refractivity contribution in [3.05, 3.63) is 46.2 Å². The van der Waals surface area contributed by atoms with Gasteiger partial charge in [0.2, 0.25) is 5.91 Å². The lowest BCUT2D eigenvalue weighted by atomic mass is 10.1. The highest BCUT2D eigenvalue weighted by Gasteiger charge is 2.21. The first-order valence-electron chi connectivity index (χ1n) is 9.07. The molecule has 1 N–H and O–H groups in total. The highest BCUT2D eigenvalue weighted by Crippen LogP contribution is 2.25. The lowest BCUT2D eigenvalue weighted by molar-refractivity contribution is -0.118. The summed E-state index contributed by atoms with van der Waals surface area (Å²) in [6.07, 6.45) is 1.12. The van der Waals surface area contributed by atoms with Crippen LogP contribution in [0.2, 0.25) is 0 Å². The third kappa shape index (κ3) is 5.25. The van der Waals surface area contributed by atoms with E-state index in [0.29, 0.717) is 24.9 Å². The van der Waals surface area contributed by atoms with Crippen molar-refractivity contribution < 1.29 is 9.53 Å². The van der Waals surface area contributed by atoms with E-state index in [4.69, 9.17) is 4.74 Å². The molecule has 1 aliphatic rings. The summed E-state index contributed by atoms with van der Waals surface area (Å²) in [7, 11) is 0. The smallest absolute Gasteiger partial charge is 0.230 e. The molecule has 1 aromatic carbocycles. The average Bonchev–Trinajstić information content (AvgIpc) is 3.13. The van der Waals surface area contributed by atoms with Gasteiger partial charge >= 0.3 is 0 Å². The van der Waals surface area contributed by atoms with Gasteiger partial charge in [0, 0.05) is 35.4 Å². The predicted molar refractivity (Wildman–Crippen MR) is 109 cm³/mol. The van der Waals surface area contributed by atoms with Crippen LogP contribution in [0.1, 0.15) is 24.3 Å². The summed E-state index contributed by atoms with van der Waals surface area (Å²) in [5.41, 5.74) is 1.45. The lowest BCUT2D eigenvalue weighted by Crippen LogP contribution is -2.44. The van der Waals surface area contributed by atoms with E-state index in [2.05, 4.69) is 28.6 Å². The Morgan fingerprint density at radius 3 is 2.92 bits per heavy atom. The van der Waals surface area contributed by atoms with E-state index in [9.17, 15) is 4.79 Å². The molecule has 0 bridgehead atoms. The van der Waals surface area contributed by atoms with Gasteiger partial charge in [0.05, 0.1) is 12.4 Å². The summed E-state index contributed by atoms with van der Waals surface area (Å²) in [5, 5.41) is 5.26. The van der Waals surface area contributed by atoms with Gasteiger partial charge in [-0.05, 0) is 61.5 Å². The van der Waals surface area contributed by atoms with Gasteiger partial charge in [-0.3, -0.25) is 9.69 Å². The van der Waals surface area contributed by atoms with Crippen molar-refractivity contribution in [3.8, 4) is 5.75 Å². The van der Waals surface area contributed by atoms with Gasteiger partial charge in [-0.1, -0.05) is 0 Å². The standard InChI is InChI=1S/C20H26N2O2S2/c1-3-24-17-4-6-18(7-5-17)26-14-20(23)21-12-15(2)22-10-8-19-16(13-22)9-11-25-19/h4-7,9,11,15H,3,8,10,12-14H2,1-2H3,(H,21,23). The van der Waals surface area contributed by atoms with Crippen molar-refractivity contribution in [2.45, 2.75) is 37.8 Å². The molecule has 0 saturated heterocycles. The number of carbonyl (C=O) groups is 1. The maximum atomic E-state index is 12.2. The number of hydrogen-bond acceptors (Lipinski definition) is 5. The first-order chi connectivity index (χ1) is 12.7. The van der Waals surface area contributed by atoms with Gasteiger partial charge in [-0.2, -0.15) is 0 Å². The summed E-state index contributed by atoms with van der Waals surface area (Å²) >= 11 is 3.41. The highest BCUT2D eigenvalue weighted by molar-refractivity contribution is 8.00. The zero-order chi connectivity index (χ0) is 18.4. The molecule has 4 nitrogen and oxygen atoms in total. The number of nitrogens with one attached hydrogen (secondary N) is 1. The number of nitrogens with zero attached hydrogens (tertiary/aromatic N) is 1. The Bertz CT molecular complexity index is 715. The van der Waals surface area contributed by atoms with Crippen LogP contribution in [0.4, 0.5) is 0 Å². The van der Waals surface area contributed by atoms with Crippen LogP contribution >= 0.6 is 23.1 Å². The maximum absolute atomic E-state index is 12.2. The van der Waals surface area contributed by atoms with Crippen LogP contribution in [-0.2, 0) is 17.8 Å². The Kier molecular flexibility index (Phi) is 7.00. The second-order valence-electron chi connectivity index (χ2n) is 6.44. The zero-order valence-electron chi connectivity index (χ0n) is 15.4. The summed E-state index contributed by atoms with van der Waals surface area (Å²) in [4.78, 5) is 17.2. The summed E-state index contributed by atoms with van der Waals surface area (Å²) in [6, 6.07) is 10.5. The van der Waals surface area contributed by atoms with Gasteiger partial charge < -0.3 is 10.1 Å². The van der Waals surface area contributed by atoms with Gasteiger partial charge in [0.25, 0.3) is 0 Å². The second kappa shape index (κ2) is 9.44. The molecular formula is C20H26N2O2S2. The molecule has 1 amide bonds. The predicted octanol–water partition coefficient (Wildman–Crippen LogP) is 3.80. The largest absolute Gasteiger partial charge is 0.494 e. The first-order valence-corrected chi connectivity index (χ1v) is 10.9. The SMILES string of the molecule is CCOc1ccc(SCC(=O)NCC(C)N2CCc3sccc3C2)cc1. The molecule has 2 aromatic rings. The monoisotopic (exact) mass is 390 g/mol. The Morgan fingerprint density at radius 1 is 1.35 bits per heavy atom. The van der Waals surface area contributed by atoms with Crippen molar-refractivity contribution in [2.75, 3.05) is 25.4 Å². The van der Waals surface area contributed by atoms with E-state index in [1.54, 1.807) is 11.8 Å². The number of carbonyl (C=O) groups excluding carboxylic acids is 1. The van der Waals surface area contributed by atoms with Crippen LogP contribution in [0, 0.1) is 0 Å². The minimum atomic E-state index is 0.0870. The van der Waals surface area contributed by atoms with E-state index in [0.717, 1.165) is 30.2 Å². The molecule has 6 heteroatoms. The molecule has 0 saturated carbocycles. The van der Waals surface area contributed by atoms with E-state index in [-0.39, 0.29) is 5.91 Å². The van der Waals surface area contributed by atoms with Crippen molar-refractivity contribution >= 4 is 29.0 Å². The van der Waals surface area contributed by atoms with Crippen LogP contribution < -0.4 is 10.1 Å². The van der Waals surface area contributed by atoms with E-state index in [1.807, 2.05) is 42.5 Å². The number of thiophene rings is 1. The van der Waals surface area contributed by atoms with Crippen molar-refractivity contribution in [2.24, 2.45) is 0 Å². The van der Waals surface area contributed by atoms with Gasteiger partial charge in [-0.15, -0.1) is 23.1 Å². The van der Waals surface area contributed by atoms with E-state index < -0.39 is 0 Å². The molecule has 0 radical (unpaired) electrons. The second-order valence-corrected chi connectivity index (χ2v) is 8.49. The summed E-state index contributed by atoms with van der Waals surface area (Å²) < 4.78 is 5.43. The lowest BCUT2D eigenvalue weighted by Gasteiger charge is -2.32. The fourth-order valence-corrected chi connectivity index (χ4v) is 4.65. The fourth-order valence-electron chi connectivity index (χ4n) is 3.04. The van der Waals surface area contributed by atoms with Crippen LogP contribution in [0.3, 0.4) is 0 Å². The number of hydrogen-bond donors (Lipinski definition) is 1. The van der Waals surface area contributed by atoms with Crippen LogP contribution in [-0.4, -0.2) is 42.3 Å². The molecule has 2 heterocycles. The highest BCUT2D eigenvalue weighted by atomic mass is 32.2. The number of fused-ring (bicyclic) bond motifs is 1. The number of ether oxygens (including phenoxy) is 1. The third-order valence-corrected chi connectivity index (χ3v) is 6.59. The summed E-state index contributed by atoms with van der Waals surface area (Å²) in [6.45, 7) is 7.59. The molecule has 1 aliphatic heterocycles. The number of benzene rings is 1. The maximum Gasteiger partial charge on any atom is 0.230 e. The minimum absolute atomic E-state index is 0.0870. The Hall–Kier alpha value is -1.50. The number of rotatable bonds is 8. The molecule has 1 atom stereocenters. The van der Waals surface area contributed by atoms with Crippen molar-refractivity contribution in [1.29, 1.82) is 0 Å². The van der Waals surface area contributed by atoms with Crippen molar-refractivity contribution in [1.82, 2.24) is 10.2 Å². The zero-order valence-corrected chi connectivity index (χ0v) is 17.0. The molecule has 26 heavy (non-hydrogen) atoms. The molecule has 140 valence electrons. The minimum Gasteiger partial charge on any atom is -0.494 e. The van der Waals surface area contributed by atoms with Crippen LogP contribution in [0.15, 0.2) is 40.6 Å². The molecule has 3 rings (SSSR count). The van der Waals surface area contributed by atoms with Crippen LogP contribution in [0.25, 0.3) is 0 Å². The number of thioether (sulfide) groups is 1. The number of amides is 1. The summed E-state index contributed by atoms with van der Waals surface area (Å²) in [5.74, 6) is 1.39. The molecule has 0 spiro atoms. The van der Waals surface area contributed by atoms with E-state index in [1.165, 1.54) is 10.4 Å². The first kappa shape index (κ1) is 19.3. The Balaban J connectivity index is 1.38. The molecular weight excluding hydrogens is 364 g/mol. The average molecular weight is 391 g/mol. The normalized spacial score (nSPS) is 15.3. The van der Waals surface area contributed by atoms with Gasteiger partial charge in [0.1, 0.15) is 5.75 Å². The molecule has 1 aromatic heterocycles.